The van der Waals surface area contributed by atoms with Crippen molar-refractivity contribution < 1.29 is 19.1 Å². The van der Waals surface area contributed by atoms with Gasteiger partial charge in [0.05, 0.1) is 19.8 Å². The molecule has 0 aliphatic rings. The van der Waals surface area contributed by atoms with E-state index in [2.05, 4.69) is 0 Å². The molecular weight excluding hydrogens is 210 g/mol. The third kappa shape index (κ3) is 5.50. The molecule has 0 atom stereocenters. The Morgan fingerprint density at radius 1 is 1.19 bits per heavy atom. The van der Waals surface area contributed by atoms with Crippen molar-refractivity contribution in [1.29, 1.82) is 0 Å². The highest BCUT2D eigenvalue weighted by atomic mass is 16.5. The van der Waals surface area contributed by atoms with Crippen LogP contribution in [0, 0.1) is 0 Å². The van der Waals surface area contributed by atoms with E-state index in [4.69, 9.17) is 9.47 Å². The fraction of sp³-hybridized carbons (Fsp3) is 0.636. The molecule has 0 aromatic heterocycles. The molecule has 0 aromatic rings. The van der Waals surface area contributed by atoms with E-state index in [0.717, 1.165) is 0 Å². The van der Waals surface area contributed by atoms with Crippen LogP contribution in [-0.4, -0.2) is 50.5 Å². The summed E-state index contributed by atoms with van der Waals surface area (Å²) in [5, 5.41) is 0. The van der Waals surface area contributed by atoms with E-state index in [0.29, 0.717) is 6.61 Å². The second kappa shape index (κ2) is 7.87. The SMILES string of the molecule is CCOC=C(C(=O)CN(C)C)C(=O)OCC. The van der Waals surface area contributed by atoms with E-state index in [1.807, 2.05) is 0 Å². The monoisotopic (exact) mass is 229 g/mol. The molecule has 0 amide bonds. The summed E-state index contributed by atoms with van der Waals surface area (Å²) in [5.41, 5.74) is -0.0441. The van der Waals surface area contributed by atoms with Crippen LogP contribution in [0.1, 0.15) is 13.8 Å². The molecule has 0 spiro atoms. The minimum absolute atomic E-state index is 0.0441. The average Bonchev–Trinajstić information content (AvgIpc) is 2.17. The van der Waals surface area contributed by atoms with Crippen LogP contribution in [0.3, 0.4) is 0 Å². The molecule has 5 heteroatoms. The normalized spacial score (nSPS) is 11.4. The molecule has 0 bridgehead atoms. The number of ether oxygens (including phenoxy) is 2. The average molecular weight is 229 g/mol. The molecule has 16 heavy (non-hydrogen) atoms. The number of hydrogen-bond acceptors (Lipinski definition) is 5. The first-order chi connectivity index (χ1) is 7.52. The van der Waals surface area contributed by atoms with Gasteiger partial charge in [-0.2, -0.15) is 0 Å². The summed E-state index contributed by atoms with van der Waals surface area (Å²) in [4.78, 5) is 24.8. The van der Waals surface area contributed by atoms with Crippen LogP contribution in [0.4, 0.5) is 0 Å². The lowest BCUT2D eigenvalue weighted by molar-refractivity contribution is -0.140. The van der Waals surface area contributed by atoms with Crippen molar-refractivity contribution in [3.05, 3.63) is 11.8 Å². The van der Waals surface area contributed by atoms with Crippen LogP contribution in [0.5, 0.6) is 0 Å². The summed E-state index contributed by atoms with van der Waals surface area (Å²) >= 11 is 0. The van der Waals surface area contributed by atoms with Gasteiger partial charge < -0.3 is 14.4 Å². The number of rotatable bonds is 7. The molecular formula is C11H19NO4. The largest absolute Gasteiger partial charge is 0.500 e. The molecule has 0 N–H and O–H groups in total. The molecule has 0 fully saturated rings. The first-order valence-corrected chi connectivity index (χ1v) is 5.19. The molecule has 0 saturated heterocycles. The van der Waals surface area contributed by atoms with Crippen LogP contribution in [0.25, 0.3) is 0 Å². The lowest BCUT2D eigenvalue weighted by Gasteiger charge is -2.10. The molecule has 5 nitrogen and oxygen atoms in total. The zero-order valence-corrected chi connectivity index (χ0v) is 10.3. The molecule has 0 radical (unpaired) electrons. The lowest BCUT2D eigenvalue weighted by atomic mass is 10.2. The van der Waals surface area contributed by atoms with Crippen molar-refractivity contribution in [2.24, 2.45) is 0 Å². The standard InChI is InChI=1S/C11H19NO4/c1-5-15-8-9(11(14)16-6-2)10(13)7-12(3)4/h8H,5-7H2,1-4H3. The minimum Gasteiger partial charge on any atom is -0.500 e. The second-order valence-corrected chi connectivity index (χ2v) is 3.37. The van der Waals surface area contributed by atoms with Gasteiger partial charge in [0.2, 0.25) is 0 Å². The van der Waals surface area contributed by atoms with Crippen molar-refractivity contribution in [2.75, 3.05) is 33.9 Å². The molecule has 0 rings (SSSR count). The maximum atomic E-state index is 11.7. The van der Waals surface area contributed by atoms with Gasteiger partial charge in [-0.25, -0.2) is 4.79 Å². The molecule has 0 unspecified atom stereocenters. The van der Waals surface area contributed by atoms with Crippen LogP contribution < -0.4 is 0 Å². The van der Waals surface area contributed by atoms with E-state index in [-0.39, 0.29) is 24.5 Å². The number of Topliss-reactive ketones (excluding diaryl/α,β-unsaturated/α-hetero) is 1. The van der Waals surface area contributed by atoms with Gasteiger partial charge in [-0.3, -0.25) is 4.79 Å². The number of ketones is 1. The van der Waals surface area contributed by atoms with Crippen molar-refractivity contribution in [3.63, 3.8) is 0 Å². The van der Waals surface area contributed by atoms with E-state index in [9.17, 15) is 9.59 Å². The van der Waals surface area contributed by atoms with Crippen LogP contribution in [0.2, 0.25) is 0 Å². The Hall–Kier alpha value is -1.36. The molecule has 92 valence electrons. The highest BCUT2D eigenvalue weighted by molar-refractivity contribution is 6.17. The Labute approximate surface area is 96.0 Å². The third-order valence-corrected chi connectivity index (χ3v) is 1.62. The molecule has 0 aliphatic heterocycles. The quantitative estimate of drug-likeness (QED) is 0.210. The van der Waals surface area contributed by atoms with Crippen molar-refractivity contribution in [1.82, 2.24) is 4.90 Å². The summed E-state index contributed by atoms with van der Waals surface area (Å²) in [7, 11) is 3.50. The summed E-state index contributed by atoms with van der Waals surface area (Å²) in [6.45, 7) is 4.25. The highest BCUT2D eigenvalue weighted by Gasteiger charge is 2.20. The Morgan fingerprint density at radius 2 is 1.81 bits per heavy atom. The zero-order chi connectivity index (χ0) is 12.6. The van der Waals surface area contributed by atoms with E-state index < -0.39 is 5.97 Å². The smallest absolute Gasteiger partial charge is 0.344 e. The molecule has 0 saturated carbocycles. The van der Waals surface area contributed by atoms with Gasteiger partial charge in [-0.1, -0.05) is 0 Å². The lowest BCUT2D eigenvalue weighted by Crippen LogP contribution is -2.27. The number of likely N-dealkylation sites (N-methyl/N-ethyl adjacent to an activating group) is 1. The van der Waals surface area contributed by atoms with Gasteiger partial charge >= 0.3 is 5.97 Å². The zero-order valence-electron chi connectivity index (χ0n) is 10.3. The van der Waals surface area contributed by atoms with E-state index in [1.54, 1.807) is 32.8 Å². The van der Waals surface area contributed by atoms with Gasteiger partial charge in [-0.15, -0.1) is 0 Å². The summed E-state index contributed by atoms with van der Waals surface area (Å²) in [6, 6.07) is 0. The number of carbonyl (C=O) groups is 2. The first-order valence-electron chi connectivity index (χ1n) is 5.19. The van der Waals surface area contributed by atoms with Gasteiger partial charge in [0.15, 0.2) is 5.78 Å². The fourth-order valence-corrected chi connectivity index (χ4v) is 0.976. The topological polar surface area (TPSA) is 55.8 Å². The Balaban J connectivity index is 4.66. The predicted molar refractivity (Wildman–Crippen MR) is 59.9 cm³/mol. The van der Waals surface area contributed by atoms with Gasteiger partial charge in [-0.05, 0) is 27.9 Å². The minimum atomic E-state index is -0.636. The Morgan fingerprint density at radius 3 is 2.25 bits per heavy atom. The summed E-state index contributed by atoms with van der Waals surface area (Å²) in [5.74, 6) is -0.945. The van der Waals surface area contributed by atoms with Gasteiger partial charge in [0.25, 0.3) is 0 Å². The molecule has 0 heterocycles. The fourth-order valence-electron chi connectivity index (χ4n) is 0.976. The molecule has 0 aliphatic carbocycles. The number of carbonyl (C=O) groups excluding carboxylic acids is 2. The maximum Gasteiger partial charge on any atom is 0.344 e. The van der Waals surface area contributed by atoms with Gasteiger partial charge in [0, 0.05) is 0 Å². The van der Waals surface area contributed by atoms with Crippen molar-refractivity contribution in [2.45, 2.75) is 13.8 Å². The van der Waals surface area contributed by atoms with Gasteiger partial charge in [0.1, 0.15) is 11.8 Å². The van der Waals surface area contributed by atoms with E-state index >= 15 is 0 Å². The summed E-state index contributed by atoms with van der Waals surface area (Å²) in [6.07, 6.45) is 1.17. The number of esters is 1. The van der Waals surface area contributed by atoms with Crippen LogP contribution in [0.15, 0.2) is 11.8 Å². The predicted octanol–water partition coefficient (Wildman–Crippen LogP) is 0.601. The third-order valence-electron chi connectivity index (χ3n) is 1.62. The number of hydrogen-bond donors (Lipinski definition) is 0. The van der Waals surface area contributed by atoms with Crippen LogP contribution >= 0.6 is 0 Å². The van der Waals surface area contributed by atoms with Crippen molar-refractivity contribution >= 4 is 11.8 Å². The maximum absolute atomic E-state index is 11.7. The highest BCUT2D eigenvalue weighted by Crippen LogP contribution is 2.02. The first kappa shape index (κ1) is 14.6. The summed E-state index contributed by atoms with van der Waals surface area (Å²) < 4.78 is 9.74. The Bertz CT molecular complexity index is 271. The van der Waals surface area contributed by atoms with Crippen molar-refractivity contribution in [3.8, 4) is 0 Å². The van der Waals surface area contributed by atoms with E-state index in [1.165, 1.54) is 6.26 Å². The van der Waals surface area contributed by atoms with Crippen LogP contribution in [-0.2, 0) is 19.1 Å². The Kier molecular flexibility index (Phi) is 7.20. The number of nitrogens with zero attached hydrogens (tertiary/aromatic N) is 1. The molecule has 0 aromatic carbocycles. The second-order valence-electron chi connectivity index (χ2n) is 3.37.